The van der Waals surface area contributed by atoms with Gasteiger partial charge >= 0.3 is 0 Å². The lowest BCUT2D eigenvalue weighted by Crippen LogP contribution is -2.40. The van der Waals surface area contributed by atoms with Crippen LogP contribution < -0.4 is 10.6 Å². The molecule has 1 aliphatic carbocycles. The van der Waals surface area contributed by atoms with Gasteiger partial charge in [-0.25, -0.2) is 8.42 Å². The van der Waals surface area contributed by atoms with Gasteiger partial charge in [0, 0.05) is 25.9 Å². The maximum atomic E-state index is 11.4. The fourth-order valence-corrected chi connectivity index (χ4v) is 2.86. The Morgan fingerprint density at radius 2 is 2.00 bits per heavy atom. The number of sulfone groups is 1. The van der Waals surface area contributed by atoms with Gasteiger partial charge in [-0.3, -0.25) is 4.99 Å². The van der Waals surface area contributed by atoms with Crippen LogP contribution in [0.15, 0.2) is 16.6 Å². The van der Waals surface area contributed by atoms with Gasteiger partial charge in [-0.1, -0.05) is 18.6 Å². The first-order valence-electron chi connectivity index (χ1n) is 7.40. The standard InChI is InChI=1S/C14H27N3O2S.HI/c1-3-20(18,19)12-11-17-14(15-2)16-10-9-13-7-5-4-6-8-13;/h7H,3-6,8-12H2,1-2H3,(H2,15,16,17);1H. The van der Waals surface area contributed by atoms with Crippen molar-refractivity contribution in [1.82, 2.24) is 10.6 Å². The Morgan fingerprint density at radius 3 is 2.57 bits per heavy atom. The van der Waals surface area contributed by atoms with Crippen LogP contribution in [-0.4, -0.2) is 46.0 Å². The van der Waals surface area contributed by atoms with E-state index in [-0.39, 0.29) is 35.5 Å². The number of nitrogens with one attached hydrogen (secondary N) is 2. The minimum atomic E-state index is -2.92. The molecule has 0 radical (unpaired) electrons. The van der Waals surface area contributed by atoms with Gasteiger partial charge in [-0.05, 0) is 32.1 Å². The van der Waals surface area contributed by atoms with Gasteiger partial charge in [0.1, 0.15) is 0 Å². The Bertz CT molecular complexity index is 447. The Balaban J connectivity index is 0.00000400. The minimum Gasteiger partial charge on any atom is -0.356 e. The van der Waals surface area contributed by atoms with Crippen LogP contribution in [0.1, 0.15) is 39.0 Å². The van der Waals surface area contributed by atoms with Gasteiger partial charge < -0.3 is 10.6 Å². The maximum absolute atomic E-state index is 11.4. The van der Waals surface area contributed by atoms with Crippen molar-refractivity contribution >= 4 is 39.8 Å². The predicted octanol–water partition coefficient (Wildman–Crippen LogP) is 2.09. The van der Waals surface area contributed by atoms with E-state index in [4.69, 9.17) is 0 Å². The Labute approximate surface area is 146 Å². The predicted molar refractivity (Wildman–Crippen MR) is 100 cm³/mol. The van der Waals surface area contributed by atoms with E-state index in [1.807, 2.05) is 0 Å². The van der Waals surface area contributed by atoms with Gasteiger partial charge in [0.2, 0.25) is 0 Å². The second-order valence-electron chi connectivity index (χ2n) is 5.02. The molecule has 0 unspecified atom stereocenters. The second-order valence-corrected chi connectivity index (χ2v) is 7.49. The molecule has 1 rings (SSSR count). The first kappa shape index (κ1) is 20.7. The number of hydrogen-bond acceptors (Lipinski definition) is 3. The van der Waals surface area contributed by atoms with Crippen LogP contribution >= 0.6 is 24.0 Å². The lowest BCUT2D eigenvalue weighted by Gasteiger charge is -2.15. The number of aliphatic imine (C=N–C) groups is 1. The van der Waals surface area contributed by atoms with Crippen LogP contribution in [0.2, 0.25) is 0 Å². The summed E-state index contributed by atoms with van der Waals surface area (Å²) >= 11 is 0. The molecule has 0 spiro atoms. The molecule has 0 aromatic heterocycles. The fraction of sp³-hybridized carbons (Fsp3) is 0.786. The first-order valence-corrected chi connectivity index (χ1v) is 9.22. The number of rotatable bonds is 7. The quantitative estimate of drug-likeness (QED) is 0.282. The molecule has 1 aliphatic rings. The molecule has 0 saturated carbocycles. The van der Waals surface area contributed by atoms with Crippen molar-refractivity contribution in [1.29, 1.82) is 0 Å². The zero-order chi connectivity index (χ0) is 14.8. The summed E-state index contributed by atoms with van der Waals surface area (Å²) in [5, 5.41) is 6.26. The summed E-state index contributed by atoms with van der Waals surface area (Å²) in [6.45, 7) is 2.91. The van der Waals surface area contributed by atoms with Crippen molar-refractivity contribution in [3.63, 3.8) is 0 Å². The molecule has 7 heteroatoms. The van der Waals surface area contributed by atoms with Gasteiger partial charge in [-0.2, -0.15) is 0 Å². The van der Waals surface area contributed by atoms with E-state index in [0.29, 0.717) is 12.5 Å². The molecule has 0 fully saturated rings. The number of halogens is 1. The van der Waals surface area contributed by atoms with E-state index in [2.05, 4.69) is 21.7 Å². The van der Waals surface area contributed by atoms with Gasteiger partial charge in [0.15, 0.2) is 15.8 Å². The molecule has 0 aliphatic heterocycles. The van der Waals surface area contributed by atoms with Crippen LogP contribution in [0.25, 0.3) is 0 Å². The van der Waals surface area contributed by atoms with E-state index < -0.39 is 9.84 Å². The molecule has 0 saturated heterocycles. The molecule has 2 N–H and O–H groups in total. The summed E-state index contributed by atoms with van der Waals surface area (Å²) in [6.07, 6.45) is 8.41. The number of allylic oxidation sites excluding steroid dienone is 1. The molecular formula is C14H28IN3O2S. The highest BCUT2D eigenvalue weighted by Gasteiger charge is 2.07. The molecule has 0 amide bonds. The van der Waals surface area contributed by atoms with Crippen LogP contribution in [-0.2, 0) is 9.84 Å². The highest BCUT2D eigenvalue weighted by Crippen LogP contribution is 2.19. The third-order valence-electron chi connectivity index (χ3n) is 3.49. The number of hydrogen-bond donors (Lipinski definition) is 2. The molecule has 21 heavy (non-hydrogen) atoms. The Hall–Kier alpha value is -0.310. The maximum Gasteiger partial charge on any atom is 0.191 e. The molecule has 5 nitrogen and oxygen atoms in total. The topological polar surface area (TPSA) is 70.6 Å². The molecular weight excluding hydrogens is 401 g/mol. The Morgan fingerprint density at radius 1 is 1.29 bits per heavy atom. The average Bonchev–Trinajstić information content (AvgIpc) is 2.46. The SMILES string of the molecule is CCS(=O)(=O)CCNC(=NC)NCCC1=CCCCC1.I. The van der Waals surface area contributed by atoms with Crippen LogP contribution in [0, 0.1) is 0 Å². The molecule has 0 heterocycles. The van der Waals surface area contributed by atoms with Crippen molar-refractivity contribution in [2.75, 3.05) is 31.6 Å². The van der Waals surface area contributed by atoms with E-state index in [1.165, 1.54) is 31.3 Å². The number of guanidine groups is 1. The van der Waals surface area contributed by atoms with E-state index >= 15 is 0 Å². The third kappa shape index (κ3) is 9.34. The summed E-state index contributed by atoms with van der Waals surface area (Å²) < 4.78 is 22.8. The van der Waals surface area contributed by atoms with Crippen LogP contribution in [0.3, 0.4) is 0 Å². The molecule has 0 bridgehead atoms. The van der Waals surface area contributed by atoms with Crippen molar-refractivity contribution < 1.29 is 8.42 Å². The normalized spacial score (nSPS) is 15.9. The zero-order valence-corrected chi connectivity index (χ0v) is 16.2. The van der Waals surface area contributed by atoms with E-state index in [9.17, 15) is 8.42 Å². The van der Waals surface area contributed by atoms with E-state index in [0.717, 1.165) is 13.0 Å². The Kier molecular flexibility index (Phi) is 11.1. The lowest BCUT2D eigenvalue weighted by molar-refractivity contribution is 0.595. The van der Waals surface area contributed by atoms with Crippen molar-refractivity contribution in [3.8, 4) is 0 Å². The summed E-state index contributed by atoms with van der Waals surface area (Å²) in [7, 11) is -1.22. The summed E-state index contributed by atoms with van der Waals surface area (Å²) in [5.41, 5.74) is 1.52. The van der Waals surface area contributed by atoms with Gasteiger partial charge in [0.05, 0.1) is 5.75 Å². The minimum absolute atomic E-state index is 0. The van der Waals surface area contributed by atoms with E-state index in [1.54, 1.807) is 14.0 Å². The van der Waals surface area contributed by atoms with Crippen LogP contribution in [0.4, 0.5) is 0 Å². The highest BCUT2D eigenvalue weighted by atomic mass is 127. The fourth-order valence-electron chi connectivity index (χ4n) is 2.16. The zero-order valence-electron chi connectivity index (χ0n) is 13.0. The number of nitrogens with zero attached hydrogens (tertiary/aromatic N) is 1. The summed E-state index contributed by atoms with van der Waals surface area (Å²) in [4.78, 5) is 4.10. The van der Waals surface area contributed by atoms with Crippen molar-refractivity contribution in [3.05, 3.63) is 11.6 Å². The molecule has 0 aromatic carbocycles. The molecule has 124 valence electrons. The summed E-state index contributed by atoms with van der Waals surface area (Å²) in [6, 6.07) is 0. The van der Waals surface area contributed by atoms with Gasteiger partial charge in [0.25, 0.3) is 0 Å². The molecule has 0 atom stereocenters. The summed E-state index contributed by atoms with van der Waals surface area (Å²) in [5.74, 6) is 1.01. The van der Waals surface area contributed by atoms with Crippen molar-refractivity contribution in [2.45, 2.75) is 39.0 Å². The lowest BCUT2D eigenvalue weighted by atomic mass is 9.97. The monoisotopic (exact) mass is 429 g/mol. The second kappa shape index (κ2) is 11.3. The molecule has 0 aromatic rings. The third-order valence-corrected chi connectivity index (χ3v) is 5.20. The smallest absolute Gasteiger partial charge is 0.191 e. The van der Waals surface area contributed by atoms with Crippen LogP contribution in [0.5, 0.6) is 0 Å². The average molecular weight is 429 g/mol. The van der Waals surface area contributed by atoms with Crippen molar-refractivity contribution in [2.24, 2.45) is 4.99 Å². The first-order chi connectivity index (χ1) is 9.57. The largest absolute Gasteiger partial charge is 0.356 e. The highest BCUT2D eigenvalue weighted by molar-refractivity contribution is 14.0. The van der Waals surface area contributed by atoms with Gasteiger partial charge in [-0.15, -0.1) is 24.0 Å².